The van der Waals surface area contributed by atoms with Crippen LogP contribution in [-0.2, 0) is 20.2 Å². The standard InChI is InChI=1S/C23H25ClF2N4O4S.ClH/c1-13-10-15(8-9-35(13,32)33)30-19(31)11-23(2,29-22(30)27)17-5-3-4-16(20(17)24)14-6-7-18(28-12-14)34-21(25)26;/h3-7,12-13,15,21H,8-11H2,1-2H3,(H2,27,29);1H/t13-,15-,23-;/m0./s1. The molecule has 2 saturated heterocycles. The van der Waals surface area contributed by atoms with E-state index in [1.54, 1.807) is 38.1 Å². The molecule has 2 aliphatic heterocycles. The molecule has 0 bridgehead atoms. The van der Waals surface area contributed by atoms with Crippen molar-refractivity contribution >= 4 is 45.7 Å². The average molecular weight is 563 g/mol. The molecule has 1 amide bonds. The minimum absolute atomic E-state index is 0. The lowest BCUT2D eigenvalue weighted by atomic mass is 9.84. The van der Waals surface area contributed by atoms with E-state index >= 15 is 0 Å². The Labute approximate surface area is 219 Å². The number of nitrogens with zero attached hydrogens (tertiary/aromatic N) is 2. The summed E-state index contributed by atoms with van der Waals surface area (Å²) >= 11 is 6.74. The van der Waals surface area contributed by atoms with Gasteiger partial charge >= 0.3 is 6.61 Å². The summed E-state index contributed by atoms with van der Waals surface area (Å²) in [6.45, 7) is 0.419. The van der Waals surface area contributed by atoms with Gasteiger partial charge in [0.25, 0.3) is 0 Å². The van der Waals surface area contributed by atoms with Gasteiger partial charge in [-0.25, -0.2) is 13.4 Å². The normalized spacial score (nSPS) is 25.8. The quantitative estimate of drug-likeness (QED) is 0.559. The van der Waals surface area contributed by atoms with Crippen molar-refractivity contribution < 1.29 is 26.7 Å². The molecule has 8 nitrogen and oxygen atoms in total. The number of pyridine rings is 1. The van der Waals surface area contributed by atoms with Crippen molar-refractivity contribution in [3.63, 3.8) is 0 Å². The van der Waals surface area contributed by atoms with Crippen molar-refractivity contribution in [2.75, 3.05) is 5.75 Å². The zero-order valence-corrected chi connectivity index (χ0v) is 21.9. The van der Waals surface area contributed by atoms with Crippen molar-refractivity contribution in [1.82, 2.24) is 15.2 Å². The van der Waals surface area contributed by atoms with Crippen LogP contribution in [0.4, 0.5) is 8.78 Å². The van der Waals surface area contributed by atoms with Gasteiger partial charge in [0, 0.05) is 29.4 Å². The summed E-state index contributed by atoms with van der Waals surface area (Å²) in [5, 5.41) is 11.4. The summed E-state index contributed by atoms with van der Waals surface area (Å²) in [4.78, 5) is 18.5. The zero-order valence-electron chi connectivity index (χ0n) is 19.5. The lowest BCUT2D eigenvalue weighted by Crippen LogP contribution is -2.63. The van der Waals surface area contributed by atoms with Gasteiger partial charge in [-0.15, -0.1) is 12.4 Å². The highest BCUT2D eigenvalue weighted by atomic mass is 35.5. The first kappa shape index (κ1) is 28.1. The van der Waals surface area contributed by atoms with E-state index < -0.39 is 27.2 Å². The Hall–Kier alpha value is -2.50. The van der Waals surface area contributed by atoms with Crippen LogP contribution in [-0.4, -0.2) is 53.8 Å². The Balaban J connectivity index is 0.00000361. The van der Waals surface area contributed by atoms with Crippen molar-refractivity contribution in [3.05, 3.63) is 47.1 Å². The van der Waals surface area contributed by atoms with E-state index in [0.717, 1.165) is 0 Å². The second-order valence-corrected chi connectivity index (χ2v) is 11.9. The fourth-order valence-corrected chi connectivity index (χ4v) is 6.65. The summed E-state index contributed by atoms with van der Waals surface area (Å²) in [6.07, 6.45) is 1.94. The molecule has 3 heterocycles. The highest BCUT2D eigenvalue weighted by Gasteiger charge is 2.45. The van der Waals surface area contributed by atoms with E-state index in [-0.39, 0.29) is 61.2 Å². The van der Waals surface area contributed by atoms with Gasteiger partial charge in [-0.05, 0) is 38.3 Å². The van der Waals surface area contributed by atoms with Gasteiger partial charge in [-0.3, -0.25) is 15.1 Å². The van der Waals surface area contributed by atoms with Gasteiger partial charge in [0.2, 0.25) is 11.8 Å². The second-order valence-electron chi connectivity index (χ2n) is 9.03. The number of nitrogens with one attached hydrogen (secondary N) is 2. The molecule has 0 radical (unpaired) electrons. The largest absolute Gasteiger partial charge is 0.417 e. The third-order valence-corrected chi connectivity index (χ3v) is 9.21. The Morgan fingerprint density at radius 2 is 2.03 bits per heavy atom. The van der Waals surface area contributed by atoms with Gasteiger partial charge in [-0.2, -0.15) is 8.78 Å². The number of benzene rings is 1. The Morgan fingerprint density at radius 1 is 1.31 bits per heavy atom. The SMILES string of the molecule is C[C@H]1C[C@@H](N2C(=N)N[C@](C)(c3cccc(-c4ccc(OC(F)F)nc4)c3Cl)CC2=O)CCS1(=O)=O.Cl. The molecule has 196 valence electrons. The summed E-state index contributed by atoms with van der Waals surface area (Å²) in [5.74, 6) is -0.627. The number of rotatable bonds is 5. The van der Waals surface area contributed by atoms with Crippen LogP contribution in [0.15, 0.2) is 36.5 Å². The van der Waals surface area contributed by atoms with E-state index in [1.807, 2.05) is 0 Å². The van der Waals surface area contributed by atoms with Crippen LogP contribution in [0, 0.1) is 5.41 Å². The number of sulfone groups is 1. The number of carbonyl (C=O) groups excluding carboxylic acids is 1. The summed E-state index contributed by atoms with van der Waals surface area (Å²) in [5.41, 5.74) is 0.743. The average Bonchev–Trinajstić information content (AvgIpc) is 2.76. The smallest absolute Gasteiger partial charge is 0.388 e. The predicted molar refractivity (Wildman–Crippen MR) is 135 cm³/mol. The zero-order chi connectivity index (χ0) is 25.5. The first-order valence-electron chi connectivity index (χ1n) is 11.0. The Bertz CT molecular complexity index is 1240. The van der Waals surface area contributed by atoms with Gasteiger partial charge in [0.05, 0.1) is 28.0 Å². The topological polar surface area (TPSA) is 112 Å². The molecule has 3 atom stereocenters. The molecular formula is C23H26Cl2F2N4O4S. The third-order valence-electron chi connectivity index (χ3n) is 6.58. The van der Waals surface area contributed by atoms with Crippen LogP contribution < -0.4 is 10.1 Å². The summed E-state index contributed by atoms with van der Waals surface area (Å²) in [6, 6.07) is 7.75. The highest BCUT2D eigenvalue weighted by molar-refractivity contribution is 7.92. The highest BCUT2D eigenvalue weighted by Crippen LogP contribution is 2.40. The molecule has 2 aliphatic rings. The number of hydrogen-bond acceptors (Lipinski definition) is 6. The van der Waals surface area contributed by atoms with Crippen molar-refractivity contribution in [2.45, 2.75) is 56.6 Å². The van der Waals surface area contributed by atoms with Crippen molar-refractivity contribution in [2.24, 2.45) is 0 Å². The van der Waals surface area contributed by atoms with Gasteiger partial charge < -0.3 is 10.1 Å². The molecule has 0 spiro atoms. The fraction of sp³-hybridized carbons (Fsp3) is 0.435. The molecule has 1 aromatic heterocycles. The molecule has 0 aliphatic carbocycles. The number of aromatic nitrogens is 1. The Morgan fingerprint density at radius 3 is 2.61 bits per heavy atom. The number of guanidine groups is 1. The van der Waals surface area contributed by atoms with Crippen molar-refractivity contribution in [3.8, 4) is 17.0 Å². The summed E-state index contributed by atoms with van der Waals surface area (Å²) in [7, 11) is -3.18. The number of ether oxygens (including phenoxy) is 1. The molecule has 4 rings (SSSR count). The van der Waals surface area contributed by atoms with Gasteiger partial charge in [0.15, 0.2) is 15.8 Å². The van der Waals surface area contributed by atoms with Crippen LogP contribution in [0.25, 0.3) is 11.1 Å². The minimum Gasteiger partial charge on any atom is -0.417 e. The van der Waals surface area contributed by atoms with Crippen LogP contribution in [0.2, 0.25) is 5.02 Å². The number of halogens is 4. The third kappa shape index (κ3) is 5.42. The first-order chi connectivity index (χ1) is 16.4. The van der Waals surface area contributed by atoms with Crippen LogP contribution in [0.1, 0.15) is 38.7 Å². The number of hydrogen-bond donors (Lipinski definition) is 2. The number of alkyl halides is 2. The Kier molecular flexibility index (Phi) is 8.17. The molecule has 13 heteroatoms. The van der Waals surface area contributed by atoms with Crippen molar-refractivity contribution in [1.29, 1.82) is 5.41 Å². The van der Waals surface area contributed by atoms with E-state index in [2.05, 4.69) is 15.0 Å². The second kappa shape index (κ2) is 10.5. The maximum absolute atomic E-state index is 13.2. The van der Waals surface area contributed by atoms with Crippen LogP contribution in [0.3, 0.4) is 0 Å². The molecule has 2 N–H and O–H groups in total. The lowest BCUT2D eigenvalue weighted by molar-refractivity contribution is -0.132. The number of carbonyl (C=O) groups is 1. The van der Waals surface area contributed by atoms with E-state index in [9.17, 15) is 22.0 Å². The maximum atomic E-state index is 13.2. The molecule has 36 heavy (non-hydrogen) atoms. The molecule has 2 aromatic rings. The first-order valence-corrected chi connectivity index (χ1v) is 13.1. The van der Waals surface area contributed by atoms with Gasteiger partial charge in [-0.1, -0.05) is 29.8 Å². The minimum atomic E-state index is -3.18. The fourth-order valence-electron chi connectivity index (χ4n) is 4.69. The monoisotopic (exact) mass is 562 g/mol. The molecule has 0 saturated carbocycles. The van der Waals surface area contributed by atoms with E-state index in [0.29, 0.717) is 21.7 Å². The lowest BCUT2D eigenvalue weighted by Gasteiger charge is -2.45. The van der Waals surface area contributed by atoms with E-state index in [4.69, 9.17) is 17.0 Å². The van der Waals surface area contributed by atoms with E-state index in [1.165, 1.54) is 17.2 Å². The molecular weight excluding hydrogens is 537 g/mol. The maximum Gasteiger partial charge on any atom is 0.388 e. The predicted octanol–water partition coefficient (Wildman–Crippen LogP) is 4.36. The molecule has 0 unspecified atom stereocenters. The number of amides is 1. The molecule has 2 fully saturated rings. The van der Waals surface area contributed by atoms with Gasteiger partial charge in [0.1, 0.15) is 0 Å². The van der Waals surface area contributed by atoms with Crippen LogP contribution in [0.5, 0.6) is 5.88 Å². The summed E-state index contributed by atoms with van der Waals surface area (Å²) < 4.78 is 53.3. The van der Waals surface area contributed by atoms with Crippen LogP contribution >= 0.6 is 24.0 Å². The molecule has 1 aromatic carbocycles.